The summed E-state index contributed by atoms with van der Waals surface area (Å²) in [5.74, 6) is 0.770. The SMILES string of the molecule is CC.CNC(=O)C(CC1CCNCC1)NC(C)(C)C. The maximum absolute atomic E-state index is 11.9. The third kappa shape index (κ3) is 8.22. The molecule has 1 fully saturated rings. The van der Waals surface area contributed by atoms with Crippen molar-refractivity contribution in [2.24, 2.45) is 5.92 Å². The highest BCUT2D eigenvalue weighted by molar-refractivity contribution is 5.81. The van der Waals surface area contributed by atoms with Gasteiger partial charge in [0.15, 0.2) is 0 Å². The maximum atomic E-state index is 11.9. The van der Waals surface area contributed by atoms with E-state index in [-0.39, 0.29) is 17.5 Å². The van der Waals surface area contributed by atoms with Gasteiger partial charge in [-0.05, 0) is 59.0 Å². The van der Waals surface area contributed by atoms with Crippen molar-refractivity contribution in [1.82, 2.24) is 16.0 Å². The predicted octanol–water partition coefficient (Wildman–Crippen LogP) is 1.91. The van der Waals surface area contributed by atoms with Crippen molar-refractivity contribution in [2.75, 3.05) is 20.1 Å². The summed E-state index contributed by atoms with van der Waals surface area (Å²) in [5, 5.41) is 9.54. The van der Waals surface area contributed by atoms with E-state index >= 15 is 0 Å². The highest BCUT2D eigenvalue weighted by Crippen LogP contribution is 2.19. The number of hydrogen-bond donors (Lipinski definition) is 3. The molecule has 1 aliphatic heterocycles. The van der Waals surface area contributed by atoms with E-state index in [9.17, 15) is 4.79 Å². The molecule has 114 valence electrons. The van der Waals surface area contributed by atoms with Gasteiger partial charge < -0.3 is 16.0 Å². The van der Waals surface area contributed by atoms with Gasteiger partial charge in [0.05, 0.1) is 6.04 Å². The first-order valence-corrected chi connectivity index (χ1v) is 7.62. The molecule has 0 aromatic heterocycles. The molecule has 0 bridgehead atoms. The minimum Gasteiger partial charge on any atom is -0.358 e. The predicted molar refractivity (Wildman–Crippen MR) is 82.3 cm³/mol. The van der Waals surface area contributed by atoms with Gasteiger partial charge in [0.25, 0.3) is 0 Å². The molecule has 0 radical (unpaired) electrons. The molecule has 0 aliphatic carbocycles. The smallest absolute Gasteiger partial charge is 0.236 e. The summed E-state index contributed by atoms with van der Waals surface area (Å²) in [6.07, 6.45) is 3.30. The number of carbonyl (C=O) groups is 1. The second-order valence-corrected chi connectivity index (χ2v) is 5.99. The van der Waals surface area contributed by atoms with Crippen molar-refractivity contribution in [1.29, 1.82) is 0 Å². The van der Waals surface area contributed by atoms with E-state index in [1.54, 1.807) is 7.05 Å². The Labute approximate surface area is 119 Å². The summed E-state index contributed by atoms with van der Waals surface area (Å²) in [4.78, 5) is 11.9. The Balaban J connectivity index is 0.00000154. The second kappa shape index (κ2) is 9.32. The van der Waals surface area contributed by atoms with Crippen molar-refractivity contribution in [2.45, 2.75) is 65.5 Å². The van der Waals surface area contributed by atoms with E-state index in [1.165, 1.54) is 12.8 Å². The molecule has 1 rings (SSSR count). The zero-order valence-electron chi connectivity index (χ0n) is 13.6. The van der Waals surface area contributed by atoms with Crippen molar-refractivity contribution in [3.8, 4) is 0 Å². The Kier molecular flexibility index (Phi) is 9.02. The lowest BCUT2D eigenvalue weighted by molar-refractivity contribution is -0.123. The van der Waals surface area contributed by atoms with Crippen molar-refractivity contribution in [3.05, 3.63) is 0 Å². The van der Waals surface area contributed by atoms with Crippen molar-refractivity contribution in [3.63, 3.8) is 0 Å². The van der Waals surface area contributed by atoms with E-state index in [0.29, 0.717) is 5.92 Å². The molecular formula is C15H33N3O. The number of nitrogens with one attached hydrogen (secondary N) is 3. The molecule has 1 atom stereocenters. The third-order valence-corrected chi connectivity index (χ3v) is 3.20. The molecular weight excluding hydrogens is 238 g/mol. The number of piperidine rings is 1. The van der Waals surface area contributed by atoms with Gasteiger partial charge >= 0.3 is 0 Å². The summed E-state index contributed by atoms with van der Waals surface area (Å²) >= 11 is 0. The van der Waals surface area contributed by atoms with Crippen LogP contribution in [0.1, 0.15) is 53.9 Å². The third-order valence-electron chi connectivity index (χ3n) is 3.20. The van der Waals surface area contributed by atoms with Crippen LogP contribution in [0.4, 0.5) is 0 Å². The lowest BCUT2D eigenvalue weighted by atomic mass is 9.89. The Morgan fingerprint density at radius 1 is 1.26 bits per heavy atom. The van der Waals surface area contributed by atoms with Crippen LogP contribution in [0.5, 0.6) is 0 Å². The van der Waals surface area contributed by atoms with Crippen LogP contribution in [0.15, 0.2) is 0 Å². The van der Waals surface area contributed by atoms with Crippen LogP contribution < -0.4 is 16.0 Å². The van der Waals surface area contributed by atoms with Crippen LogP contribution in [-0.4, -0.2) is 37.6 Å². The zero-order chi connectivity index (χ0) is 14.9. The molecule has 0 aromatic carbocycles. The van der Waals surface area contributed by atoms with Crippen LogP contribution in [0, 0.1) is 5.92 Å². The number of carbonyl (C=O) groups excluding carboxylic acids is 1. The minimum absolute atomic E-state index is 0.0237. The monoisotopic (exact) mass is 271 g/mol. The van der Waals surface area contributed by atoms with Gasteiger partial charge in [-0.25, -0.2) is 0 Å². The van der Waals surface area contributed by atoms with E-state index in [1.807, 2.05) is 13.8 Å². The van der Waals surface area contributed by atoms with Gasteiger partial charge in [0.2, 0.25) is 5.91 Å². The van der Waals surface area contributed by atoms with E-state index in [2.05, 4.69) is 36.7 Å². The summed E-state index contributed by atoms with van der Waals surface area (Å²) in [7, 11) is 1.71. The molecule has 3 N–H and O–H groups in total. The Morgan fingerprint density at radius 2 is 1.79 bits per heavy atom. The first-order chi connectivity index (χ1) is 8.92. The van der Waals surface area contributed by atoms with Gasteiger partial charge in [-0.1, -0.05) is 13.8 Å². The zero-order valence-corrected chi connectivity index (χ0v) is 13.6. The number of rotatable bonds is 4. The lowest BCUT2D eigenvalue weighted by Crippen LogP contribution is -2.52. The molecule has 1 amide bonds. The highest BCUT2D eigenvalue weighted by atomic mass is 16.2. The van der Waals surface area contributed by atoms with Crippen LogP contribution in [0.2, 0.25) is 0 Å². The fourth-order valence-corrected chi connectivity index (χ4v) is 2.38. The van der Waals surface area contributed by atoms with Gasteiger partial charge in [-0.3, -0.25) is 4.79 Å². The van der Waals surface area contributed by atoms with E-state index in [0.717, 1.165) is 19.5 Å². The summed E-state index contributed by atoms with van der Waals surface area (Å²) in [6, 6.07) is -0.0666. The molecule has 4 heteroatoms. The Bertz CT molecular complexity index is 242. The van der Waals surface area contributed by atoms with Crippen LogP contribution in [-0.2, 0) is 4.79 Å². The molecule has 1 saturated heterocycles. The molecule has 0 saturated carbocycles. The average Bonchev–Trinajstić information content (AvgIpc) is 2.39. The van der Waals surface area contributed by atoms with Crippen LogP contribution in [0.3, 0.4) is 0 Å². The first kappa shape index (κ1) is 18.4. The molecule has 0 spiro atoms. The number of amides is 1. The normalized spacial score (nSPS) is 18.2. The van der Waals surface area contributed by atoms with Gasteiger partial charge in [0, 0.05) is 12.6 Å². The van der Waals surface area contributed by atoms with Crippen LogP contribution >= 0.6 is 0 Å². The largest absolute Gasteiger partial charge is 0.358 e. The molecule has 1 unspecified atom stereocenters. The summed E-state index contributed by atoms with van der Waals surface area (Å²) in [6.45, 7) is 12.5. The summed E-state index contributed by atoms with van der Waals surface area (Å²) < 4.78 is 0. The van der Waals surface area contributed by atoms with Crippen molar-refractivity contribution >= 4 is 5.91 Å². The van der Waals surface area contributed by atoms with Crippen LogP contribution in [0.25, 0.3) is 0 Å². The lowest BCUT2D eigenvalue weighted by Gasteiger charge is -2.31. The van der Waals surface area contributed by atoms with Gasteiger partial charge in [-0.2, -0.15) is 0 Å². The number of hydrogen-bond acceptors (Lipinski definition) is 3. The minimum atomic E-state index is -0.0666. The quantitative estimate of drug-likeness (QED) is 0.732. The molecule has 1 heterocycles. The Morgan fingerprint density at radius 3 is 2.21 bits per heavy atom. The van der Waals surface area contributed by atoms with Crippen molar-refractivity contribution < 1.29 is 4.79 Å². The molecule has 0 aromatic rings. The summed E-state index contributed by atoms with van der Waals surface area (Å²) in [5.41, 5.74) is -0.0237. The average molecular weight is 271 g/mol. The fourth-order valence-electron chi connectivity index (χ4n) is 2.38. The number of likely N-dealkylation sites (N-methyl/N-ethyl adjacent to an activating group) is 1. The fraction of sp³-hybridized carbons (Fsp3) is 0.933. The van der Waals surface area contributed by atoms with E-state index in [4.69, 9.17) is 0 Å². The second-order valence-electron chi connectivity index (χ2n) is 5.99. The topological polar surface area (TPSA) is 53.2 Å². The Hall–Kier alpha value is -0.610. The standard InChI is InChI=1S/C13H27N3O.C2H6/c1-13(2,3)16-11(12(17)14-4)9-10-5-7-15-8-6-10;1-2/h10-11,15-16H,5-9H2,1-4H3,(H,14,17);1-2H3. The first-order valence-electron chi connectivity index (χ1n) is 7.62. The van der Waals surface area contributed by atoms with Gasteiger partial charge in [-0.15, -0.1) is 0 Å². The van der Waals surface area contributed by atoms with Gasteiger partial charge in [0.1, 0.15) is 0 Å². The molecule has 4 nitrogen and oxygen atoms in total. The highest BCUT2D eigenvalue weighted by Gasteiger charge is 2.26. The maximum Gasteiger partial charge on any atom is 0.236 e. The molecule has 1 aliphatic rings. The molecule has 19 heavy (non-hydrogen) atoms. The van der Waals surface area contributed by atoms with E-state index < -0.39 is 0 Å².